The van der Waals surface area contributed by atoms with Crippen LogP contribution in [0.4, 0.5) is 0 Å². The molecule has 0 aromatic rings. The van der Waals surface area contributed by atoms with E-state index in [1.807, 2.05) is 20.8 Å². The molecule has 5 rings (SSSR count). The standard InChI is InChI=1S/C15H16O7/c1-12(2,3)14-4-6-13(5-7(16)19-6)10(18)21-11-15(13,14)8(22-14)9(17)20-11/h6,8,11H,4-5H2,1-3H3/t6-,8-,11-,13-,14+,15+/m0/s1. The van der Waals surface area contributed by atoms with Crippen molar-refractivity contribution in [2.24, 2.45) is 16.2 Å². The first-order valence-corrected chi connectivity index (χ1v) is 7.50. The molecule has 1 aliphatic carbocycles. The predicted octanol–water partition coefficient (Wildman–Crippen LogP) is 0.302. The van der Waals surface area contributed by atoms with Gasteiger partial charge < -0.3 is 18.9 Å². The van der Waals surface area contributed by atoms with E-state index in [1.54, 1.807) is 0 Å². The average molecular weight is 308 g/mol. The monoisotopic (exact) mass is 308 g/mol. The summed E-state index contributed by atoms with van der Waals surface area (Å²) in [4.78, 5) is 36.7. The number of carbonyl (C=O) groups is 3. The van der Waals surface area contributed by atoms with Crippen LogP contribution in [0, 0.1) is 16.2 Å². The maximum absolute atomic E-state index is 12.7. The maximum Gasteiger partial charge on any atom is 0.339 e. The minimum absolute atomic E-state index is 0.0681. The van der Waals surface area contributed by atoms with Crippen LogP contribution in [0.5, 0.6) is 0 Å². The number of hydrogen-bond acceptors (Lipinski definition) is 7. The fraction of sp³-hybridized carbons (Fsp3) is 0.800. The zero-order valence-electron chi connectivity index (χ0n) is 12.5. The summed E-state index contributed by atoms with van der Waals surface area (Å²) in [7, 11) is 0. The lowest BCUT2D eigenvalue weighted by molar-refractivity contribution is -0.352. The molecule has 0 aromatic heterocycles. The maximum atomic E-state index is 12.7. The summed E-state index contributed by atoms with van der Waals surface area (Å²) >= 11 is 0. The van der Waals surface area contributed by atoms with Crippen LogP contribution in [0.15, 0.2) is 0 Å². The van der Waals surface area contributed by atoms with Crippen LogP contribution in [0.3, 0.4) is 0 Å². The number of esters is 3. The van der Waals surface area contributed by atoms with Crippen molar-refractivity contribution >= 4 is 17.9 Å². The van der Waals surface area contributed by atoms with Crippen LogP contribution in [0.2, 0.25) is 0 Å². The van der Waals surface area contributed by atoms with Crippen molar-refractivity contribution in [3.63, 3.8) is 0 Å². The number of ether oxygens (including phenoxy) is 4. The van der Waals surface area contributed by atoms with Crippen molar-refractivity contribution in [3.05, 3.63) is 0 Å². The van der Waals surface area contributed by atoms with Crippen molar-refractivity contribution in [1.82, 2.24) is 0 Å². The lowest BCUT2D eigenvalue weighted by Gasteiger charge is -2.62. The van der Waals surface area contributed by atoms with Gasteiger partial charge in [0.1, 0.15) is 16.9 Å². The summed E-state index contributed by atoms with van der Waals surface area (Å²) in [5.41, 5.74) is -3.26. The van der Waals surface area contributed by atoms with Crippen LogP contribution in [0.25, 0.3) is 0 Å². The Labute approximate surface area is 126 Å². The molecular weight excluding hydrogens is 292 g/mol. The van der Waals surface area contributed by atoms with Gasteiger partial charge in [-0.1, -0.05) is 20.8 Å². The quantitative estimate of drug-likeness (QED) is 0.595. The first kappa shape index (κ1) is 12.9. The molecule has 5 aliphatic rings. The van der Waals surface area contributed by atoms with Gasteiger partial charge >= 0.3 is 17.9 Å². The Hall–Kier alpha value is -1.63. The van der Waals surface area contributed by atoms with E-state index in [4.69, 9.17) is 18.9 Å². The van der Waals surface area contributed by atoms with Crippen LogP contribution in [-0.4, -0.2) is 42.0 Å². The first-order chi connectivity index (χ1) is 10.2. The summed E-state index contributed by atoms with van der Waals surface area (Å²) in [5, 5.41) is 0. The number of hydrogen-bond donors (Lipinski definition) is 0. The minimum atomic E-state index is -1.16. The Kier molecular flexibility index (Phi) is 1.78. The van der Waals surface area contributed by atoms with Gasteiger partial charge in [0.05, 0.1) is 12.0 Å². The Morgan fingerprint density at radius 3 is 2.50 bits per heavy atom. The largest absolute Gasteiger partial charge is 0.461 e. The second kappa shape index (κ2) is 3.04. The molecular formula is C15H16O7. The molecule has 0 unspecified atom stereocenters. The summed E-state index contributed by atoms with van der Waals surface area (Å²) in [6, 6.07) is 0. The molecule has 0 bridgehead atoms. The van der Waals surface area contributed by atoms with E-state index in [0.717, 1.165) is 0 Å². The molecule has 7 nitrogen and oxygen atoms in total. The Balaban J connectivity index is 1.82. The highest BCUT2D eigenvalue weighted by Crippen LogP contribution is 2.82. The van der Waals surface area contributed by atoms with E-state index in [1.165, 1.54) is 0 Å². The highest BCUT2D eigenvalue weighted by molar-refractivity contribution is 5.96. The van der Waals surface area contributed by atoms with Crippen molar-refractivity contribution in [2.45, 2.75) is 57.7 Å². The highest BCUT2D eigenvalue weighted by atomic mass is 16.8. The molecule has 1 saturated carbocycles. The van der Waals surface area contributed by atoms with Crippen molar-refractivity contribution in [1.29, 1.82) is 0 Å². The van der Waals surface area contributed by atoms with E-state index >= 15 is 0 Å². The molecule has 7 heteroatoms. The molecule has 0 N–H and O–H groups in total. The molecule has 22 heavy (non-hydrogen) atoms. The SMILES string of the molecule is CC(C)(C)[C@@]12C[C@@H]3OC(=O)C[C@@]34C(=O)O[C@@H]3OC(=O)[C@H](O1)[C@@]342. The summed E-state index contributed by atoms with van der Waals surface area (Å²) in [5.74, 6) is -1.44. The van der Waals surface area contributed by atoms with Gasteiger partial charge in [0, 0.05) is 6.42 Å². The van der Waals surface area contributed by atoms with Gasteiger partial charge in [-0.3, -0.25) is 9.59 Å². The molecule has 4 saturated heterocycles. The van der Waals surface area contributed by atoms with Crippen molar-refractivity contribution < 1.29 is 33.3 Å². The zero-order valence-corrected chi connectivity index (χ0v) is 12.5. The topological polar surface area (TPSA) is 88.1 Å². The third-order valence-corrected chi connectivity index (χ3v) is 6.46. The smallest absolute Gasteiger partial charge is 0.339 e. The summed E-state index contributed by atoms with van der Waals surface area (Å²) in [6.07, 6.45) is -2.13. The molecule has 0 amide bonds. The molecule has 6 atom stereocenters. The average Bonchev–Trinajstić information content (AvgIpc) is 2.92. The fourth-order valence-electron chi connectivity index (χ4n) is 5.70. The Morgan fingerprint density at radius 2 is 1.82 bits per heavy atom. The Morgan fingerprint density at radius 1 is 1.09 bits per heavy atom. The van der Waals surface area contributed by atoms with Crippen LogP contribution in [0.1, 0.15) is 33.6 Å². The van der Waals surface area contributed by atoms with Crippen LogP contribution >= 0.6 is 0 Å². The van der Waals surface area contributed by atoms with Gasteiger partial charge in [0.25, 0.3) is 6.29 Å². The van der Waals surface area contributed by atoms with Crippen LogP contribution < -0.4 is 0 Å². The Bertz CT molecular complexity index is 663. The highest BCUT2D eigenvalue weighted by Gasteiger charge is 2.98. The van der Waals surface area contributed by atoms with Gasteiger partial charge in [-0.25, -0.2) is 4.79 Å². The molecule has 4 heterocycles. The van der Waals surface area contributed by atoms with Gasteiger partial charge in [-0.05, 0) is 5.41 Å². The summed E-state index contributed by atoms with van der Waals surface area (Å²) in [6.45, 7) is 5.99. The van der Waals surface area contributed by atoms with Crippen LogP contribution in [-0.2, 0) is 33.3 Å². The number of carbonyl (C=O) groups excluding carboxylic acids is 3. The lowest BCUT2D eigenvalue weighted by Crippen LogP contribution is -2.76. The molecule has 0 radical (unpaired) electrons. The third-order valence-electron chi connectivity index (χ3n) is 6.46. The minimum Gasteiger partial charge on any atom is -0.461 e. The van der Waals surface area contributed by atoms with E-state index in [-0.39, 0.29) is 11.8 Å². The van der Waals surface area contributed by atoms with E-state index in [9.17, 15) is 14.4 Å². The molecule has 2 spiro atoms. The fourth-order valence-corrected chi connectivity index (χ4v) is 5.70. The van der Waals surface area contributed by atoms with Gasteiger partial charge in [0.2, 0.25) is 0 Å². The van der Waals surface area contributed by atoms with E-state index in [2.05, 4.69) is 0 Å². The lowest BCUT2D eigenvalue weighted by atomic mass is 9.49. The third kappa shape index (κ3) is 0.858. The molecule has 0 aromatic carbocycles. The van der Waals surface area contributed by atoms with Crippen molar-refractivity contribution in [2.75, 3.05) is 0 Å². The van der Waals surface area contributed by atoms with E-state index in [0.29, 0.717) is 6.42 Å². The molecule has 5 fully saturated rings. The van der Waals surface area contributed by atoms with Gasteiger partial charge in [-0.15, -0.1) is 0 Å². The molecule has 118 valence electrons. The first-order valence-electron chi connectivity index (χ1n) is 7.50. The van der Waals surface area contributed by atoms with Gasteiger partial charge in [-0.2, -0.15) is 0 Å². The second-order valence-corrected chi connectivity index (χ2v) is 7.95. The van der Waals surface area contributed by atoms with E-state index < -0.39 is 52.8 Å². The van der Waals surface area contributed by atoms with Crippen molar-refractivity contribution in [3.8, 4) is 0 Å². The summed E-state index contributed by atoms with van der Waals surface area (Å²) < 4.78 is 22.2. The van der Waals surface area contributed by atoms with Gasteiger partial charge in [0.15, 0.2) is 6.10 Å². The number of rotatable bonds is 0. The molecule has 4 aliphatic heterocycles. The normalized spacial score (nSPS) is 54.1. The zero-order chi connectivity index (χ0) is 15.7. The second-order valence-electron chi connectivity index (χ2n) is 7.95. The predicted molar refractivity (Wildman–Crippen MR) is 67.0 cm³/mol.